The molecule has 1 aromatic carbocycles. The van der Waals surface area contributed by atoms with Crippen LogP contribution in [-0.4, -0.2) is 22.7 Å². The first kappa shape index (κ1) is 15.6. The van der Waals surface area contributed by atoms with E-state index in [9.17, 15) is 4.79 Å². The molecule has 0 saturated heterocycles. The Labute approximate surface area is 117 Å². The van der Waals surface area contributed by atoms with Gasteiger partial charge in [-0.05, 0) is 29.3 Å². The quantitative estimate of drug-likeness (QED) is 0.287. The van der Waals surface area contributed by atoms with Crippen molar-refractivity contribution >= 4 is 11.7 Å². The van der Waals surface area contributed by atoms with Gasteiger partial charge in [0.25, 0.3) is 0 Å². The Bertz CT molecular complexity index is 520. The molecule has 0 radical (unpaired) electrons. The van der Waals surface area contributed by atoms with E-state index >= 15 is 0 Å². The van der Waals surface area contributed by atoms with Gasteiger partial charge in [-0.15, -0.1) is 0 Å². The van der Waals surface area contributed by atoms with Crippen molar-refractivity contribution in [3.63, 3.8) is 0 Å². The van der Waals surface area contributed by atoms with Crippen molar-refractivity contribution in [1.82, 2.24) is 5.32 Å². The minimum Gasteiger partial charge on any atom is -0.495 e. The topological polar surface area (TPSA) is 122 Å². The number of hydrogen-bond acceptors (Lipinski definition) is 5. The van der Waals surface area contributed by atoms with Crippen molar-refractivity contribution in [2.45, 2.75) is 13.0 Å². The molecule has 0 fully saturated rings. The van der Waals surface area contributed by atoms with Gasteiger partial charge in [0, 0.05) is 18.8 Å². The standard InChI is InChI=1S/C14H19N3O3/c15-12(4-5-13(16)18)11-3-1-2-10(8-11)9-17-7-6-14(19)20/h1-5,8,17-18H,6-7,9,15-16H2,(H,19,20)/b12-4-,13-5+. The van der Waals surface area contributed by atoms with Crippen LogP contribution in [0.2, 0.25) is 0 Å². The lowest BCUT2D eigenvalue weighted by Gasteiger charge is -2.06. The third-order valence-electron chi connectivity index (χ3n) is 2.54. The summed E-state index contributed by atoms with van der Waals surface area (Å²) in [6.07, 6.45) is 2.92. The fraction of sp³-hybridized carbons (Fsp3) is 0.214. The van der Waals surface area contributed by atoms with Crippen molar-refractivity contribution in [3.05, 3.63) is 53.4 Å². The van der Waals surface area contributed by atoms with Gasteiger partial charge in [-0.2, -0.15) is 0 Å². The average molecular weight is 277 g/mol. The molecule has 7 N–H and O–H groups in total. The van der Waals surface area contributed by atoms with Gasteiger partial charge in [-0.3, -0.25) is 4.79 Å². The van der Waals surface area contributed by atoms with Crippen molar-refractivity contribution in [2.75, 3.05) is 6.54 Å². The summed E-state index contributed by atoms with van der Waals surface area (Å²) < 4.78 is 0. The van der Waals surface area contributed by atoms with Gasteiger partial charge < -0.3 is 27.0 Å². The molecule has 0 aliphatic carbocycles. The number of nitrogens with two attached hydrogens (primary N) is 2. The Hall–Kier alpha value is -2.47. The van der Waals surface area contributed by atoms with E-state index in [2.05, 4.69) is 5.32 Å². The summed E-state index contributed by atoms with van der Waals surface area (Å²) in [7, 11) is 0. The van der Waals surface area contributed by atoms with Crippen molar-refractivity contribution in [3.8, 4) is 0 Å². The van der Waals surface area contributed by atoms with Crippen LogP contribution in [0.1, 0.15) is 17.5 Å². The lowest BCUT2D eigenvalue weighted by molar-refractivity contribution is -0.136. The molecule has 1 rings (SSSR count). The van der Waals surface area contributed by atoms with Crippen molar-refractivity contribution in [2.24, 2.45) is 11.5 Å². The molecule has 6 heteroatoms. The zero-order chi connectivity index (χ0) is 15.0. The summed E-state index contributed by atoms with van der Waals surface area (Å²) in [6.45, 7) is 0.973. The highest BCUT2D eigenvalue weighted by Crippen LogP contribution is 2.11. The molecule has 0 bridgehead atoms. The van der Waals surface area contributed by atoms with E-state index in [-0.39, 0.29) is 12.3 Å². The molecule has 20 heavy (non-hydrogen) atoms. The molecule has 0 aromatic heterocycles. The second-order valence-corrected chi connectivity index (χ2v) is 4.23. The third-order valence-corrected chi connectivity index (χ3v) is 2.54. The van der Waals surface area contributed by atoms with Crippen LogP contribution in [0.4, 0.5) is 0 Å². The summed E-state index contributed by atoms with van der Waals surface area (Å²) >= 11 is 0. The molecule has 0 saturated carbocycles. The zero-order valence-electron chi connectivity index (χ0n) is 11.0. The van der Waals surface area contributed by atoms with Crippen LogP contribution in [0.25, 0.3) is 5.70 Å². The van der Waals surface area contributed by atoms with Crippen LogP contribution >= 0.6 is 0 Å². The monoisotopic (exact) mass is 277 g/mol. The molecule has 1 aromatic rings. The Morgan fingerprint density at radius 1 is 1.25 bits per heavy atom. The maximum absolute atomic E-state index is 10.4. The highest BCUT2D eigenvalue weighted by molar-refractivity contribution is 5.67. The SMILES string of the molecule is N/C(=C\C=C(/N)O)c1cccc(CNCCC(=O)O)c1. The van der Waals surface area contributed by atoms with Gasteiger partial charge in [-0.25, -0.2) is 0 Å². The van der Waals surface area contributed by atoms with E-state index < -0.39 is 5.97 Å². The number of allylic oxidation sites excluding steroid dienone is 2. The minimum atomic E-state index is -0.827. The first-order chi connectivity index (χ1) is 9.49. The van der Waals surface area contributed by atoms with Gasteiger partial charge in [0.1, 0.15) is 0 Å². The van der Waals surface area contributed by atoms with Crippen LogP contribution in [-0.2, 0) is 11.3 Å². The van der Waals surface area contributed by atoms with Gasteiger partial charge in [-0.1, -0.05) is 18.2 Å². The number of aliphatic hydroxyl groups is 1. The first-order valence-electron chi connectivity index (χ1n) is 6.12. The second kappa shape index (κ2) is 7.85. The maximum Gasteiger partial charge on any atom is 0.304 e. The van der Waals surface area contributed by atoms with Crippen molar-refractivity contribution < 1.29 is 15.0 Å². The normalized spacial score (nSPS) is 12.4. The Kier molecular flexibility index (Phi) is 6.12. The maximum atomic E-state index is 10.4. The third kappa shape index (κ3) is 5.92. The lowest BCUT2D eigenvalue weighted by atomic mass is 10.1. The number of carboxylic acid groups (broad SMARTS) is 1. The number of aliphatic hydroxyl groups excluding tert-OH is 1. The molecular formula is C14H19N3O3. The zero-order valence-corrected chi connectivity index (χ0v) is 11.0. The molecule has 6 nitrogen and oxygen atoms in total. The number of rotatable bonds is 7. The van der Waals surface area contributed by atoms with Crippen LogP contribution in [0.3, 0.4) is 0 Å². The predicted molar refractivity (Wildman–Crippen MR) is 77.5 cm³/mol. The summed E-state index contributed by atoms with van der Waals surface area (Å²) in [5.41, 5.74) is 13.2. The number of carboxylic acids is 1. The molecule has 0 heterocycles. The molecule has 108 valence electrons. The number of aliphatic carboxylic acids is 1. The molecule has 0 amide bonds. The summed E-state index contributed by atoms with van der Waals surface area (Å²) in [5, 5.41) is 20.4. The van der Waals surface area contributed by atoms with E-state index in [1.54, 1.807) is 0 Å². The number of hydrogen-bond donors (Lipinski definition) is 5. The van der Waals surface area contributed by atoms with Gasteiger partial charge >= 0.3 is 5.97 Å². The largest absolute Gasteiger partial charge is 0.495 e. The average Bonchev–Trinajstić information content (AvgIpc) is 2.41. The van der Waals surface area contributed by atoms with E-state index in [1.165, 1.54) is 12.2 Å². The first-order valence-corrected chi connectivity index (χ1v) is 6.12. The van der Waals surface area contributed by atoms with Gasteiger partial charge in [0.05, 0.1) is 6.42 Å². The van der Waals surface area contributed by atoms with Crippen LogP contribution < -0.4 is 16.8 Å². The molecule has 0 spiro atoms. The molecule has 0 atom stereocenters. The highest BCUT2D eigenvalue weighted by Gasteiger charge is 2.00. The van der Waals surface area contributed by atoms with Gasteiger partial charge in [0.15, 0.2) is 5.88 Å². The van der Waals surface area contributed by atoms with E-state index in [0.717, 1.165) is 11.1 Å². The fourth-order valence-electron chi connectivity index (χ4n) is 1.56. The molecule has 0 aliphatic rings. The van der Waals surface area contributed by atoms with Crippen LogP contribution in [0.5, 0.6) is 0 Å². The predicted octanol–water partition coefficient (Wildman–Crippen LogP) is 0.909. The molecule has 0 unspecified atom stereocenters. The second-order valence-electron chi connectivity index (χ2n) is 4.23. The fourth-order valence-corrected chi connectivity index (χ4v) is 1.56. The smallest absolute Gasteiger partial charge is 0.304 e. The lowest BCUT2D eigenvalue weighted by Crippen LogP contribution is -2.17. The van der Waals surface area contributed by atoms with Crippen LogP contribution in [0, 0.1) is 0 Å². The summed E-state index contributed by atoms with van der Waals surface area (Å²) in [6, 6.07) is 7.51. The Morgan fingerprint density at radius 3 is 2.65 bits per heavy atom. The Morgan fingerprint density at radius 2 is 2.00 bits per heavy atom. The van der Waals surface area contributed by atoms with Crippen LogP contribution in [0.15, 0.2) is 42.3 Å². The number of benzene rings is 1. The Balaban J connectivity index is 2.64. The number of nitrogens with one attached hydrogen (secondary N) is 1. The van der Waals surface area contributed by atoms with E-state index in [4.69, 9.17) is 21.7 Å². The highest BCUT2D eigenvalue weighted by atomic mass is 16.4. The van der Waals surface area contributed by atoms with E-state index in [0.29, 0.717) is 18.8 Å². The summed E-state index contributed by atoms with van der Waals surface area (Å²) in [4.78, 5) is 10.4. The van der Waals surface area contributed by atoms with Gasteiger partial charge in [0.2, 0.25) is 0 Å². The van der Waals surface area contributed by atoms with E-state index in [1.807, 2.05) is 24.3 Å². The van der Waals surface area contributed by atoms with Crippen molar-refractivity contribution in [1.29, 1.82) is 0 Å². The molecular weight excluding hydrogens is 258 g/mol. The summed E-state index contributed by atoms with van der Waals surface area (Å²) in [5.74, 6) is -1.13. The number of carbonyl (C=O) groups is 1. The molecule has 0 aliphatic heterocycles. The minimum absolute atomic E-state index is 0.0856.